The summed E-state index contributed by atoms with van der Waals surface area (Å²) < 4.78 is 6.11. The van der Waals surface area contributed by atoms with Gasteiger partial charge in [0, 0.05) is 11.3 Å². The fraction of sp³-hybridized carbons (Fsp3) is 0.867. The molecule has 0 aromatic rings. The van der Waals surface area contributed by atoms with Crippen LogP contribution in [-0.4, -0.2) is 24.4 Å². The number of allylic oxidation sites excluding steroid dienone is 1. The molecule has 0 aromatic heterocycles. The Hall–Kier alpha value is -0.340. The van der Waals surface area contributed by atoms with Crippen LogP contribution in [0.2, 0.25) is 0 Å². The molecule has 0 radical (unpaired) electrons. The lowest BCUT2D eigenvalue weighted by Crippen LogP contribution is -2.57. The van der Waals surface area contributed by atoms with Crippen LogP contribution in [0, 0.1) is 29.1 Å². The first-order valence-electron chi connectivity index (χ1n) is 6.85. The first-order valence-corrected chi connectivity index (χ1v) is 6.85. The summed E-state index contributed by atoms with van der Waals surface area (Å²) in [7, 11) is 0. The molecule has 1 fully saturated rings. The van der Waals surface area contributed by atoms with E-state index in [1.54, 1.807) is 0 Å². The molecular formula is C15H26O2. The predicted octanol–water partition coefficient (Wildman–Crippen LogP) is 2.87. The molecule has 98 valence electrons. The quantitative estimate of drug-likeness (QED) is 0.750. The molecule has 5 atom stereocenters. The van der Waals surface area contributed by atoms with E-state index >= 15 is 0 Å². The van der Waals surface area contributed by atoms with Crippen molar-refractivity contribution in [3.05, 3.63) is 11.6 Å². The van der Waals surface area contributed by atoms with Crippen LogP contribution in [0.3, 0.4) is 0 Å². The van der Waals surface area contributed by atoms with E-state index < -0.39 is 0 Å². The Kier molecular flexibility index (Phi) is 3.39. The SMILES string of the molecule is CC1=C[C@@H](C)[C@@]2(CO)CO[C@H](C(C)C)[C@H]1[C@H]2C. The summed E-state index contributed by atoms with van der Waals surface area (Å²) >= 11 is 0. The number of rotatable bonds is 2. The van der Waals surface area contributed by atoms with E-state index in [2.05, 4.69) is 40.7 Å². The summed E-state index contributed by atoms with van der Waals surface area (Å²) in [6.45, 7) is 12.1. The summed E-state index contributed by atoms with van der Waals surface area (Å²) in [5, 5.41) is 9.84. The molecule has 0 spiro atoms. The van der Waals surface area contributed by atoms with Gasteiger partial charge >= 0.3 is 0 Å². The first kappa shape index (κ1) is 13.1. The first-order chi connectivity index (χ1) is 7.94. The maximum atomic E-state index is 9.84. The second-order valence-corrected chi connectivity index (χ2v) is 6.42. The van der Waals surface area contributed by atoms with Gasteiger partial charge in [-0.15, -0.1) is 0 Å². The molecule has 0 amide bonds. The van der Waals surface area contributed by atoms with Gasteiger partial charge in [0.15, 0.2) is 0 Å². The third-order valence-corrected chi connectivity index (χ3v) is 5.24. The van der Waals surface area contributed by atoms with E-state index in [0.29, 0.717) is 36.4 Å². The lowest BCUT2D eigenvalue weighted by Gasteiger charge is -2.55. The topological polar surface area (TPSA) is 29.5 Å². The number of fused-ring (bicyclic) bond motifs is 2. The average Bonchev–Trinajstić information content (AvgIpc) is 2.26. The van der Waals surface area contributed by atoms with E-state index in [0.717, 1.165) is 0 Å². The fourth-order valence-electron chi connectivity index (χ4n) is 3.94. The molecule has 2 heteroatoms. The van der Waals surface area contributed by atoms with Gasteiger partial charge in [0.05, 0.1) is 19.3 Å². The Morgan fingerprint density at radius 1 is 1.47 bits per heavy atom. The van der Waals surface area contributed by atoms with Crippen molar-refractivity contribution in [2.75, 3.05) is 13.2 Å². The van der Waals surface area contributed by atoms with Gasteiger partial charge in [-0.1, -0.05) is 39.3 Å². The van der Waals surface area contributed by atoms with Gasteiger partial charge in [-0.25, -0.2) is 0 Å². The van der Waals surface area contributed by atoms with Crippen LogP contribution in [0.25, 0.3) is 0 Å². The van der Waals surface area contributed by atoms with Crippen LogP contribution in [-0.2, 0) is 4.74 Å². The van der Waals surface area contributed by atoms with Gasteiger partial charge in [-0.3, -0.25) is 0 Å². The van der Waals surface area contributed by atoms with Gasteiger partial charge in [0.1, 0.15) is 0 Å². The van der Waals surface area contributed by atoms with Crippen molar-refractivity contribution in [1.29, 1.82) is 0 Å². The molecule has 1 heterocycles. The Balaban J connectivity index is 2.41. The molecule has 1 aliphatic carbocycles. The van der Waals surface area contributed by atoms with Crippen LogP contribution < -0.4 is 0 Å². The smallest absolute Gasteiger partial charge is 0.0666 e. The molecule has 1 saturated heterocycles. The van der Waals surface area contributed by atoms with E-state index in [-0.39, 0.29) is 12.0 Å². The van der Waals surface area contributed by atoms with E-state index in [9.17, 15) is 5.11 Å². The number of hydrogen-bond acceptors (Lipinski definition) is 2. The normalized spacial score (nSPS) is 45.9. The van der Waals surface area contributed by atoms with Gasteiger partial charge in [0.25, 0.3) is 0 Å². The molecule has 0 aromatic carbocycles. The van der Waals surface area contributed by atoms with Gasteiger partial charge < -0.3 is 9.84 Å². The van der Waals surface area contributed by atoms with Gasteiger partial charge in [-0.2, -0.15) is 0 Å². The third kappa shape index (κ3) is 1.77. The fourth-order valence-corrected chi connectivity index (χ4v) is 3.94. The Bertz CT molecular complexity index is 321. The van der Waals surface area contributed by atoms with E-state index in [1.807, 2.05) is 0 Å². The highest BCUT2D eigenvalue weighted by atomic mass is 16.5. The van der Waals surface area contributed by atoms with Crippen molar-refractivity contribution in [1.82, 2.24) is 0 Å². The standard InChI is InChI=1S/C15H26O2/c1-9(2)14-13-10(3)6-11(4)15(7-16,8-17-14)12(13)5/h6,9,11-14,16H,7-8H2,1-5H3/t11-,12-,13-,14-,15-/m1/s1. The van der Waals surface area contributed by atoms with Crippen molar-refractivity contribution < 1.29 is 9.84 Å². The molecule has 2 nitrogen and oxygen atoms in total. The summed E-state index contributed by atoms with van der Waals surface area (Å²) in [4.78, 5) is 0. The Morgan fingerprint density at radius 3 is 2.65 bits per heavy atom. The summed E-state index contributed by atoms with van der Waals surface area (Å²) in [5.74, 6) is 1.93. The second-order valence-electron chi connectivity index (χ2n) is 6.42. The minimum Gasteiger partial charge on any atom is -0.396 e. The monoisotopic (exact) mass is 238 g/mol. The Morgan fingerprint density at radius 2 is 2.12 bits per heavy atom. The molecular weight excluding hydrogens is 212 g/mol. The third-order valence-electron chi connectivity index (χ3n) is 5.24. The lowest BCUT2D eigenvalue weighted by molar-refractivity contribution is -0.174. The minimum absolute atomic E-state index is 0.0600. The van der Waals surface area contributed by atoms with E-state index in [4.69, 9.17) is 4.74 Å². The molecule has 1 N–H and O–H groups in total. The van der Waals surface area contributed by atoms with E-state index in [1.165, 1.54) is 5.57 Å². The summed E-state index contributed by atoms with van der Waals surface area (Å²) in [5.41, 5.74) is 1.39. The van der Waals surface area contributed by atoms with Crippen LogP contribution >= 0.6 is 0 Å². The highest BCUT2D eigenvalue weighted by Gasteiger charge is 2.53. The zero-order chi connectivity index (χ0) is 12.8. The van der Waals surface area contributed by atoms with Crippen LogP contribution in [0.15, 0.2) is 11.6 Å². The molecule has 2 rings (SSSR count). The number of ether oxygens (including phenoxy) is 1. The lowest BCUT2D eigenvalue weighted by atomic mass is 9.55. The summed E-state index contributed by atoms with van der Waals surface area (Å²) in [6.07, 6.45) is 2.67. The molecule has 0 unspecified atom stereocenters. The maximum Gasteiger partial charge on any atom is 0.0666 e. The average molecular weight is 238 g/mol. The van der Waals surface area contributed by atoms with Crippen molar-refractivity contribution in [3.8, 4) is 0 Å². The molecule has 17 heavy (non-hydrogen) atoms. The number of aliphatic hydroxyl groups excluding tert-OH is 1. The maximum absolute atomic E-state index is 9.84. The van der Waals surface area contributed by atoms with Crippen molar-refractivity contribution in [2.24, 2.45) is 29.1 Å². The zero-order valence-electron chi connectivity index (χ0n) is 11.7. The Labute approximate surface area is 105 Å². The van der Waals surface area contributed by atoms with Gasteiger partial charge in [0.2, 0.25) is 0 Å². The molecule has 0 saturated carbocycles. The number of aliphatic hydroxyl groups is 1. The van der Waals surface area contributed by atoms with Gasteiger partial charge in [-0.05, 0) is 24.7 Å². The highest BCUT2D eigenvalue weighted by Crippen LogP contribution is 2.53. The number of hydrogen-bond donors (Lipinski definition) is 1. The second kappa shape index (κ2) is 4.40. The van der Waals surface area contributed by atoms with Crippen molar-refractivity contribution in [2.45, 2.75) is 40.7 Å². The van der Waals surface area contributed by atoms with Crippen molar-refractivity contribution in [3.63, 3.8) is 0 Å². The molecule has 2 aliphatic rings. The summed E-state index contributed by atoms with van der Waals surface area (Å²) in [6, 6.07) is 0. The van der Waals surface area contributed by atoms with Crippen LogP contribution in [0.4, 0.5) is 0 Å². The van der Waals surface area contributed by atoms with Crippen LogP contribution in [0.1, 0.15) is 34.6 Å². The van der Waals surface area contributed by atoms with Crippen molar-refractivity contribution >= 4 is 0 Å². The molecule has 1 aliphatic heterocycles. The molecule has 2 bridgehead atoms. The predicted molar refractivity (Wildman–Crippen MR) is 69.7 cm³/mol. The largest absolute Gasteiger partial charge is 0.396 e. The highest BCUT2D eigenvalue weighted by molar-refractivity contribution is 5.21. The van der Waals surface area contributed by atoms with Crippen LogP contribution in [0.5, 0.6) is 0 Å². The zero-order valence-corrected chi connectivity index (χ0v) is 11.7. The minimum atomic E-state index is -0.0600.